The number of hydroxylamine groups is 1. The second-order valence-electron chi connectivity index (χ2n) is 6.69. The topological polar surface area (TPSA) is 95.5 Å². The molecule has 3 rings (SSSR count). The van der Waals surface area contributed by atoms with Gasteiger partial charge in [-0.05, 0) is 54.7 Å². The summed E-state index contributed by atoms with van der Waals surface area (Å²) >= 11 is 1.65. The van der Waals surface area contributed by atoms with Crippen molar-refractivity contribution in [1.82, 2.24) is 10.2 Å². The number of hydrogen-bond donors (Lipinski definition) is 3. The second-order valence-corrected chi connectivity index (χ2v) is 9.54. The Balaban J connectivity index is 1.95. The Kier molecular flexibility index (Phi) is 5.15. The van der Waals surface area contributed by atoms with Crippen LogP contribution in [0.15, 0.2) is 23.1 Å². The van der Waals surface area contributed by atoms with Gasteiger partial charge >= 0.3 is 0 Å². The Hall–Kier alpha value is -1.48. The van der Waals surface area contributed by atoms with Gasteiger partial charge in [0.2, 0.25) is 10.0 Å². The highest BCUT2D eigenvalue weighted by Crippen LogP contribution is 2.37. The van der Waals surface area contributed by atoms with E-state index in [-0.39, 0.29) is 10.8 Å². The maximum Gasteiger partial charge on any atom is 0.261 e. The molecule has 0 spiro atoms. The molecule has 136 valence electrons. The minimum absolute atomic E-state index is 0.134. The van der Waals surface area contributed by atoms with Gasteiger partial charge in [-0.15, -0.1) is 11.3 Å². The average molecular weight is 383 g/mol. The van der Waals surface area contributed by atoms with E-state index in [0.29, 0.717) is 0 Å². The van der Waals surface area contributed by atoms with E-state index >= 15 is 0 Å². The molecule has 1 aromatic heterocycles. The number of aryl methyl sites for hydroxylation is 2. The fraction of sp³-hybridized carbons (Fsp3) is 0.471. The smallest absolute Gasteiger partial charge is 0.261 e. The highest BCUT2D eigenvalue weighted by atomic mass is 32.2. The first-order chi connectivity index (χ1) is 11.8. The van der Waals surface area contributed by atoms with Crippen LogP contribution in [0.5, 0.6) is 0 Å². The largest absolute Gasteiger partial charge is 0.289 e. The quantitative estimate of drug-likeness (QED) is 0.547. The SMILES string of the molecule is CC(C)[C@@H](NS(=O)(=O)c1ccc2c3c(sc2c1)CCCC3)C(=O)NO. The first-order valence-electron chi connectivity index (χ1n) is 8.34. The van der Waals surface area contributed by atoms with Gasteiger partial charge in [0.05, 0.1) is 4.90 Å². The van der Waals surface area contributed by atoms with E-state index in [4.69, 9.17) is 5.21 Å². The van der Waals surface area contributed by atoms with Crippen molar-refractivity contribution >= 4 is 37.4 Å². The first kappa shape index (κ1) is 18.3. The lowest BCUT2D eigenvalue weighted by molar-refractivity contribution is -0.131. The van der Waals surface area contributed by atoms with E-state index in [0.717, 1.165) is 22.9 Å². The van der Waals surface area contributed by atoms with Crippen LogP contribution in [-0.2, 0) is 27.7 Å². The van der Waals surface area contributed by atoms with Crippen molar-refractivity contribution in [3.05, 3.63) is 28.6 Å². The summed E-state index contributed by atoms with van der Waals surface area (Å²) in [6, 6.07) is 4.08. The Morgan fingerprint density at radius 3 is 2.64 bits per heavy atom. The van der Waals surface area contributed by atoms with Crippen LogP contribution in [0.3, 0.4) is 0 Å². The molecule has 0 aliphatic heterocycles. The van der Waals surface area contributed by atoms with Gasteiger partial charge in [-0.1, -0.05) is 19.9 Å². The van der Waals surface area contributed by atoms with Crippen molar-refractivity contribution in [2.75, 3.05) is 0 Å². The molecule has 0 fully saturated rings. The van der Waals surface area contributed by atoms with Gasteiger partial charge in [0.1, 0.15) is 6.04 Å². The summed E-state index contributed by atoms with van der Waals surface area (Å²) in [5.74, 6) is -1.08. The summed E-state index contributed by atoms with van der Waals surface area (Å²) in [6.45, 7) is 3.41. The standard InChI is InChI=1S/C17H22N2O4S2/c1-10(2)16(17(20)18-21)19-25(22,23)11-7-8-13-12-5-3-4-6-14(12)24-15(13)9-11/h7-10,16,19,21H,3-6H2,1-2H3,(H,18,20)/t16-/m1/s1. The van der Waals surface area contributed by atoms with Crippen LogP contribution in [0.4, 0.5) is 0 Å². The van der Waals surface area contributed by atoms with Crippen LogP contribution in [0.1, 0.15) is 37.1 Å². The van der Waals surface area contributed by atoms with E-state index < -0.39 is 22.0 Å². The fourth-order valence-corrected chi connectivity index (χ4v) is 5.99. The van der Waals surface area contributed by atoms with Gasteiger partial charge in [0.25, 0.3) is 5.91 Å². The van der Waals surface area contributed by atoms with E-state index in [1.807, 2.05) is 6.07 Å². The zero-order valence-corrected chi connectivity index (χ0v) is 15.8. The predicted octanol–water partition coefficient (Wildman–Crippen LogP) is 2.59. The fourth-order valence-electron chi connectivity index (χ4n) is 3.21. The van der Waals surface area contributed by atoms with Gasteiger partial charge in [0, 0.05) is 9.58 Å². The van der Waals surface area contributed by atoms with Crippen LogP contribution < -0.4 is 10.2 Å². The van der Waals surface area contributed by atoms with Crippen molar-refractivity contribution < 1.29 is 18.4 Å². The zero-order valence-electron chi connectivity index (χ0n) is 14.2. The number of sulfonamides is 1. The molecule has 2 aromatic rings. The lowest BCUT2D eigenvalue weighted by atomic mass is 9.96. The highest BCUT2D eigenvalue weighted by molar-refractivity contribution is 7.89. The monoisotopic (exact) mass is 382 g/mol. The number of rotatable bonds is 5. The Morgan fingerprint density at radius 2 is 1.96 bits per heavy atom. The van der Waals surface area contributed by atoms with Gasteiger partial charge in [-0.3, -0.25) is 10.0 Å². The summed E-state index contributed by atoms with van der Waals surface area (Å²) in [6.07, 6.45) is 4.46. The molecule has 1 amide bonds. The van der Waals surface area contributed by atoms with Crippen LogP contribution in [-0.4, -0.2) is 25.6 Å². The maximum absolute atomic E-state index is 12.7. The average Bonchev–Trinajstić information content (AvgIpc) is 2.96. The van der Waals surface area contributed by atoms with Gasteiger partial charge in [-0.2, -0.15) is 4.72 Å². The van der Waals surface area contributed by atoms with Gasteiger partial charge in [-0.25, -0.2) is 13.9 Å². The number of fused-ring (bicyclic) bond motifs is 3. The third-order valence-electron chi connectivity index (χ3n) is 4.58. The molecule has 3 N–H and O–H groups in total. The van der Waals surface area contributed by atoms with Crippen LogP contribution in [0.25, 0.3) is 10.1 Å². The molecule has 1 aliphatic rings. The Morgan fingerprint density at radius 1 is 1.24 bits per heavy atom. The third kappa shape index (κ3) is 3.57. The van der Waals surface area contributed by atoms with Crippen molar-refractivity contribution in [1.29, 1.82) is 0 Å². The summed E-state index contributed by atoms with van der Waals surface area (Å²) in [7, 11) is -3.87. The molecule has 0 unspecified atom stereocenters. The Labute approximate surface area is 151 Å². The lowest BCUT2D eigenvalue weighted by Gasteiger charge is -2.20. The number of hydrogen-bond acceptors (Lipinski definition) is 5. The summed E-state index contributed by atoms with van der Waals surface area (Å²) in [5.41, 5.74) is 2.87. The molecule has 1 aliphatic carbocycles. The highest BCUT2D eigenvalue weighted by Gasteiger charge is 2.28. The molecule has 1 heterocycles. The third-order valence-corrected chi connectivity index (χ3v) is 7.27. The molecule has 1 atom stereocenters. The number of nitrogens with one attached hydrogen (secondary N) is 2. The summed E-state index contributed by atoms with van der Waals surface area (Å²) < 4.78 is 28.7. The molecule has 25 heavy (non-hydrogen) atoms. The van der Waals surface area contributed by atoms with Crippen molar-refractivity contribution in [2.45, 2.75) is 50.5 Å². The van der Waals surface area contributed by atoms with Crippen LogP contribution >= 0.6 is 11.3 Å². The molecule has 1 aromatic carbocycles. The molecular weight excluding hydrogens is 360 g/mol. The molecular formula is C17H22N2O4S2. The van der Waals surface area contributed by atoms with E-state index in [9.17, 15) is 13.2 Å². The molecule has 0 saturated heterocycles. The van der Waals surface area contributed by atoms with E-state index in [1.54, 1.807) is 37.3 Å². The molecule has 0 bridgehead atoms. The summed E-state index contributed by atoms with van der Waals surface area (Å²) in [4.78, 5) is 13.2. The van der Waals surface area contributed by atoms with Crippen LogP contribution in [0.2, 0.25) is 0 Å². The molecule has 0 radical (unpaired) electrons. The number of benzene rings is 1. The first-order valence-corrected chi connectivity index (χ1v) is 10.6. The van der Waals surface area contributed by atoms with E-state index in [2.05, 4.69) is 4.72 Å². The number of carbonyl (C=O) groups excluding carboxylic acids is 1. The zero-order chi connectivity index (χ0) is 18.2. The number of thiophene rings is 1. The van der Waals surface area contributed by atoms with Crippen molar-refractivity contribution in [3.8, 4) is 0 Å². The summed E-state index contributed by atoms with van der Waals surface area (Å²) in [5, 5.41) is 9.96. The molecule has 6 nitrogen and oxygen atoms in total. The van der Waals surface area contributed by atoms with Gasteiger partial charge in [0.15, 0.2) is 0 Å². The van der Waals surface area contributed by atoms with Gasteiger partial charge < -0.3 is 0 Å². The Bertz CT molecular complexity index is 903. The minimum Gasteiger partial charge on any atom is -0.289 e. The van der Waals surface area contributed by atoms with Crippen molar-refractivity contribution in [2.24, 2.45) is 5.92 Å². The second kappa shape index (κ2) is 7.03. The molecule has 8 heteroatoms. The number of amides is 1. The minimum atomic E-state index is -3.87. The van der Waals surface area contributed by atoms with Crippen LogP contribution in [0, 0.1) is 5.92 Å². The number of carbonyl (C=O) groups is 1. The van der Waals surface area contributed by atoms with E-state index in [1.165, 1.54) is 28.8 Å². The lowest BCUT2D eigenvalue weighted by Crippen LogP contribution is -2.48. The van der Waals surface area contributed by atoms with Crippen molar-refractivity contribution in [3.63, 3.8) is 0 Å². The predicted molar refractivity (Wildman–Crippen MR) is 97.3 cm³/mol. The molecule has 0 saturated carbocycles. The normalized spacial score (nSPS) is 16.0. The maximum atomic E-state index is 12.7.